The van der Waals surface area contributed by atoms with Crippen LogP contribution in [0, 0.1) is 34.5 Å². The molecule has 0 rings (SSSR count). The number of hydrogen-bond donors (Lipinski definition) is 0. The van der Waals surface area contributed by atoms with Gasteiger partial charge in [-0.2, -0.15) is 5.26 Å². The number of nitriles is 1. The summed E-state index contributed by atoms with van der Waals surface area (Å²) in [7, 11) is 0. The van der Waals surface area contributed by atoms with E-state index in [4.69, 9.17) is 0 Å². The fraction of sp³-hybridized carbons (Fsp3) is 0.737. The van der Waals surface area contributed by atoms with Crippen molar-refractivity contribution in [3.8, 4) is 6.07 Å². The fourth-order valence-electron chi connectivity index (χ4n) is 3.15. The molecular formula is C19H33N. The highest BCUT2D eigenvalue weighted by molar-refractivity contribution is 5.03. The standard InChI is InChI=1S/C19H33N/c1-14(2)9-18(13-20)10-16(5)17(6)12-19(7,8)11-15(3)4/h11,16-18H,1,9-10,12H2,2-8H3. The van der Waals surface area contributed by atoms with Gasteiger partial charge in [0.05, 0.1) is 12.0 Å². The van der Waals surface area contributed by atoms with Crippen LogP contribution in [0.3, 0.4) is 0 Å². The lowest BCUT2D eigenvalue weighted by atomic mass is 9.75. The lowest BCUT2D eigenvalue weighted by molar-refractivity contribution is 0.250. The van der Waals surface area contributed by atoms with Crippen LogP contribution >= 0.6 is 0 Å². The van der Waals surface area contributed by atoms with E-state index in [9.17, 15) is 5.26 Å². The first-order valence-corrected chi connectivity index (χ1v) is 7.77. The van der Waals surface area contributed by atoms with Gasteiger partial charge in [0.2, 0.25) is 0 Å². The summed E-state index contributed by atoms with van der Waals surface area (Å²) in [6, 6.07) is 2.44. The van der Waals surface area contributed by atoms with Gasteiger partial charge in [0.25, 0.3) is 0 Å². The van der Waals surface area contributed by atoms with Gasteiger partial charge < -0.3 is 0 Å². The van der Waals surface area contributed by atoms with Gasteiger partial charge in [-0.3, -0.25) is 0 Å². The maximum absolute atomic E-state index is 9.26. The Kier molecular flexibility index (Phi) is 7.87. The smallest absolute Gasteiger partial charge is 0.0659 e. The zero-order valence-corrected chi connectivity index (χ0v) is 14.6. The molecule has 0 aliphatic heterocycles. The molecule has 0 saturated heterocycles. The SMILES string of the molecule is C=C(C)CC(C#N)CC(C)C(C)CC(C)(C)C=C(C)C. The van der Waals surface area contributed by atoms with E-state index < -0.39 is 0 Å². The van der Waals surface area contributed by atoms with E-state index in [1.165, 1.54) is 12.0 Å². The number of nitrogens with zero attached hydrogens (tertiary/aromatic N) is 1. The van der Waals surface area contributed by atoms with Crippen molar-refractivity contribution in [1.29, 1.82) is 5.26 Å². The zero-order chi connectivity index (χ0) is 15.9. The molecule has 0 aromatic heterocycles. The third kappa shape index (κ3) is 8.20. The van der Waals surface area contributed by atoms with Crippen molar-refractivity contribution < 1.29 is 0 Å². The monoisotopic (exact) mass is 275 g/mol. The Balaban J connectivity index is 4.55. The highest BCUT2D eigenvalue weighted by Crippen LogP contribution is 2.34. The van der Waals surface area contributed by atoms with E-state index in [2.05, 4.69) is 60.3 Å². The van der Waals surface area contributed by atoms with Gasteiger partial charge in [-0.15, -0.1) is 6.58 Å². The van der Waals surface area contributed by atoms with E-state index in [0.717, 1.165) is 18.4 Å². The van der Waals surface area contributed by atoms with Crippen LogP contribution in [0.25, 0.3) is 0 Å². The van der Waals surface area contributed by atoms with Crippen molar-refractivity contribution in [2.24, 2.45) is 23.2 Å². The lowest BCUT2D eigenvalue weighted by Crippen LogP contribution is -2.20. The fourth-order valence-corrected chi connectivity index (χ4v) is 3.15. The molecule has 0 amide bonds. The molecule has 0 bridgehead atoms. The normalized spacial score (nSPS) is 15.9. The summed E-state index contributed by atoms with van der Waals surface area (Å²) in [4.78, 5) is 0. The van der Waals surface area contributed by atoms with Crippen molar-refractivity contribution in [3.63, 3.8) is 0 Å². The molecule has 1 heteroatoms. The minimum atomic E-state index is 0.122. The number of hydrogen-bond acceptors (Lipinski definition) is 1. The van der Waals surface area contributed by atoms with Crippen LogP contribution in [0.5, 0.6) is 0 Å². The van der Waals surface area contributed by atoms with E-state index in [0.29, 0.717) is 11.8 Å². The van der Waals surface area contributed by atoms with Crippen molar-refractivity contribution in [2.45, 2.75) is 67.7 Å². The maximum atomic E-state index is 9.26. The third-order valence-electron chi connectivity index (χ3n) is 3.93. The highest BCUT2D eigenvalue weighted by atomic mass is 14.3. The molecule has 0 aromatic rings. The molecule has 0 saturated carbocycles. The van der Waals surface area contributed by atoms with Crippen molar-refractivity contribution in [3.05, 3.63) is 23.8 Å². The first kappa shape index (κ1) is 19.0. The molecule has 0 N–H and O–H groups in total. The van der Waals surface area contributed by atoms with Gasteiger partial charge in [-0.05, 0) is 57.3 Å². The topological polar surface area (TPSA) is 23.8 Å². The molecule has 0 heterocycles. The van der Waals surface area contributed by atoms with Gasteiger partial charge in [0.15, 0.2) is 0 Å². The molecule has 0 aliphatic carbocycles. The van der Waals surface area contributed by atoms with E-state index in [1.54, 1.807) is 0 Å². The van der Waals surface area contributed by atoms with Crippen molar-refractivity contribution in [2.75, 3.05) is 0 Å². The second-order valence-electron chi connectivity index (χ2n) is 7.59. The molecule has 20 heavy (non-hydrogen) atoms. The van der Waals surface area contributed by atoms with Gasteiger partial charge in [0.1, 0.15) is 0 Å². The van der Waals surface area contributed by atoms with Crippen LogP contribution in [0.4, 0.5) is 0 Å². The molecule has 0 aromatic carbocycles. The summed E-state index contributed by atoms with van der Waals surface area (Å²) < 4.78 is 0. The largest absolute Gasteiger partial charge is 0.198 e. The van der Waals surface area contributed by atoms with Gasteiger partial charge >= 0.3 is 0 Å². The maximum Gasteiger partial charge on any atom is 0.0659 e. The Morgan fingerprint density at radius 3 is 2.15 bits per heavy atom. The quantitative estimate of drug-likeness (QED) is 0.488. The third-order valence-corrected chi connectivity index (χ3v) is 3.93. The Bertz CT molecular complexity index is 377. The van der Waals surface area contributed by atoms with Gasteiger partial charge in [-0.25, -0.2) is 0 Å². The summed E-state index contributed by atoms with van der Waals surface area (Å²) in [5.74, 6) is 1.32. The van der Waals surface area contributed by atoms with E-state index in [-0.39, 0.29) is 11.3 Å². The molecule has 114 valence electrons. The molecule has 0 radical (unpaired) electrons. The summed E-state index contributed by atoms with van der Waals surface area (Å²) in [5, 5.41) is 9.26. The van der Waals surface area contributed by atoms with Crippen LogP contribution in [0.15, 0.2) is 23.8 Å². The highest BCUT2D eigenvalue weighted by Gasteiger charge is 2.24. The first-order chi connectivity index (χ1) is 9.07. The second kappa shape index (κ2) is 8.30. The minimum absolute atomic E-state index is 0.122. The van der Waals surface area contributed by atoms with Gasteiger partial charge in [-0.1, -0.05) is 44.9 Å². The molecule has 0 fully saturated rings. The van der Waals surface area contributed by atoms with Crippen molar-refractivity contribution in [1.82, 2.24) is 0 Å². The Labute approximate surface area is 126 Å². The van der Waals surface area contributed by atoms with Gasteiger partial charge in [0, 0.05) is 0 Å². The number of rotatable bonds is 8. The minimum Gasteiger partial charge on any atom is -0.198 e. The average molecular weight is 275 g/mol. The Morgan fingerprint density at radius 1 is 1.20 bits per heavy atom. The van der Waals surface area contributed by atoms with E-state index >= 15 is 0 Å². The van der Waals surface area contributed by atoms with Crippen LogP contribution in [-0.2, 0) is 0 Å². The summed E-state index contributed by atoms with van der Waals surface area (Å²) in [6.07, 6.45) is 5.36. The lowest BCUT2D eigenvalue weighted by Gasteiger charge is -2.30. The first-order valence-electron chi connectivity index (χ1n) is 7.77. The predicted octanol–water partition coefficient (Wildman–Crippen LogP) is 6.14. The molecule has 3 atom stereocenters. The molecule has 0 spiro atoms. The number of allylic oxidation sites excluding steroid dienone is 3. The Morgan fingerprint density at radius 2 is 1.75 bits per heavy atom. The van der Waals surface area contributed by atoms with Crippen LogP contribution < -0.4 is 0 Å². The molecule has 1 nitrogen and oxygen atoms in total. The zero-order valence-electron chi connectivity index (χ0n) is 14.6. The van der Waals surface area contributed by atoms with E-state index in [1.807, 2.05) is 6.92 Å². The molecular weight excluding hydrogens is 242 g/mol. The van der Waals surface area contributed by atoms with Crippen LogP contribution in [0.2, 0.25) is 0 Å². The van der Waals surface area contributed by atoms with Crippen LogP contribution in [-0.4, -0.2) is 0 Å². The molecule has 0 aliphatic rings. The predicted molar refractivity (Wildman–Crippen MR) is 89.3 cm³/mol. The Hall–Kier alpha value is -1.03. The summed E-state index contributed by atoms with van der Waals surface area (Å²) in [5.41, 5.74) is 2.73. The summed E-state index contributed by atoms with van der Waals surface area (Å²) >= 11 is 0. The molecule has 3 unspecified atom stereocenters. The van der Waals surface area contributed by atoms with Crippen molar-refractivity contribution >= 4 is 0 Å². The summed E-state index contributed by atoms with van der Waals surface area (Å²) in [6.45, 7) is 19.5. The second-order valence-corrected chi connectivity index (χ2v) is 7.59. The average Bonchev–Trinajstić information content (AvgIpc) is 2.24. The van der Waals surface area contributed by atoms with Crippen LogP contribution in [0.1, 0.15) is 67.7 Å².